The minimum atomic E-state index is -3.33. The second-order valence-electron chi connectivity index (χ2n) is 3.88. The third-order valence-corrected chi connectivity index (χ3v) is 3.00. The smallest absolute Gasteiger partial charge is 0.264 e. The van der Waals surface area contributed by atoms with Crippen molar-refractivity contribution in [3.05, 3.63) is 35.9 Å². The molecule has 96 valence electrons. The number of hydrogen-bond donors (Lipinski definition) is 0. The molecule has 0 heterocycles. The summed E-state index contributed by atoms with van der Waals surface area (Å²) in [5, 5.41) is 0. The third-order valence-electron chi connectivity index (χ3n) is 2.40. The third kappa shape index (κ3) is 6.41. The van der Waals surface area contributed by atoms with E-state index in [-0.39, 0.29) is 6.61 Å². The maximum atomic E-state index is 10.8. The molecule has 0 fully saturated rings. The van der Waals surface area contributed by atoms with E-state index in [2.05, 4.69) is 17.0 Å². The Kier molecular flexibility index (Phi) is 5.61. The molecule has 0 saturated carbocycles. The molecule has 17 heavy (non-hydrogen) atoms. The van der Waals surface area contributed by atoms with E-state index in [1.54, 1.807) is 0 Å². The Balaban J connectivity index is 2.39. The zero-order valence-electron chi connectivity index (χ0n) is 10.3. The highest BCUT2D eigenvalue weighted by atomic mass is 32.2. The van der Waals surface area contributed by atoms with Gasteiger partial charge in [0.15, 0.2) is 0 Å². The van der Waals surface area contributed by atoms with E-state index in [0.29, 0.717) is 6.54 Å². The van der Waals surface area contributed by atoms with Crippen molar-refractivity contribution in [2.45, 2.75) is 13.5 Å². The molecule has 1 rings (SSSR count). The average molecular weight is 257 g/mol. The highest BCUT2D eigenvalue weighted by Gasteiger charge is 2.06. The van der Waals surface area contributed by atoms with Gasteiger partial charge >= 0.3 is 0 Å². The lowest BCUT2D eigenvalue weighted by atomic mass is 10.2. The summed E-state index contributed by atoms with van der Waals surface area (Å²) in [6.07, 6.45) is 1.07. The summed E-state index contributed by atoms with van der Waals surface area (Å²) in [7, 11) is -3.33. The zero-order chi connectivity index (χ0) is 12.7. The predicted octanol–water partition coefficient (Wildman–Crippen LogP) is 1.48. The van der Waals surface area contributed by atoms with Gasteiger partial charge in [0.1, 0.15) is 0 Å². The normalized spacial score (nSPS) is 11.9. The Bertz CT molecular complexity index is 417. The van der Waals surface area contributed by atoms with Crippen LogP contribution in [0.2, 0.25) is 0 Å². The van der Waals surface area contributed by atoms with E-state index < -0.39 is 10.1 Å². The minimum absolute atomic E-state index is 0.208. The molecule has 0 spiro atoms. The van der Waals surface area contributed by atoms with Crippen LogP contribution in [0.25, 0.3) is 0 Å². The maximum Gasteiger partial charge on any atom is 0.264 e. The molecule has 5 heteroatoms. The molecule has 0 unspecified atom stereocenters. The van der Waals surface area contributed by atoms with Gasteiger partial charge in [-0.1, -0.05) is 37.3 Å². The van der Waals surface area contributed by atoms with Crippen LogP contribution >= 0.6 is 0 Å². The van der Waals surface area contributed by atoms with E-state index >= 15 is 0 Å². The quantitative estimate of drug-likeness (QED) is 0.694. The van der Waals surface area contributed by atoms with E-state index in [4.69, 9.17) is 4.18 Å². The summed E-state index contributed by atoms with van der Waals surface area (Å²) in [6.45, 7) is 4.54. The van der Waals surface area contributed by atoms with Gasteiger partial charge in [0.2, 0.25) is 0 Å². The average Bonchev–Trinajstić information content (AvgIpc) is 2.27. The molecule has 0 aromatic heterocycles. The van der Waals surface area contributed by atoms with Crippen LogP contribution in [-0.4, -0.2) is 39.3 Å². The van der Waals surface area contributed by atoms with Gasteiger partial charge in [0.05, 0.1) is 12.9 Å². The van der Waals surface area contributed by atoms with Crippen LogP contribution in [0, 0.1) is 0 Å². The molecule has 1 aromatic carbocycles. The van der Waals surface area contributed by atoms with Gasteiger partial charge in [-0.2, -0.15) is 8.42 Å². The van der Waals surface area contributed by atoms with Crippen molar-refractivity contribution in [1.29, 1.82) is 0 Å². The van der Waals surface area contributed by atoms with E-state index in [0.717, 1.165) is 19.3 Å². The van der Waals surface area contributed by atoms with Crippen molar-refractivity contribution in [2.75, 3.05) is 26.0 Å². The number of hydrogen-bond acceptors (Lipinski definition) is 4. The summed E-state index contributed by atoms with van der Waals surface area (Å²) in [6, 6.07) is 10.1. The van der Waals surface area contributed by atoms with Crippen LogP contribution in [0.15, 0.2) is 30.3 Å². The van der Waals surface area contributed by atoms with Gasteiger partial charge in [-0.05, 0) is 12.1 Å². The SMILES string of the molecule is CCN(CCOS(C)(=O)=O)Cc1ccccc1. The maximum absolute atomic E-state index is 10.8. The van der Waals surface area contributed by atoms with Crippen LogP contribution in [0.3, 0.4) is 0 Å². The summed E-state index contributed by atoms with van der Waals surface area (Å²) < 4.78 is 26.4. The molecule has 1 aromatic rings. The van der Waals surface area contributed by atoms with Crippen molar-refractivity contribution in [3.8, 4) is 0 Å². The summed E-state index contributed by atoms with van der Waals surface area (Å²) in [5.74, 6) is 0. The number of benzene rings is 1. The molecule has 0 aliphatic heterocycles. The van der Waals surface area contributed by atoms with Crippen LogP contribution in [0.1, 0.15) is 12.5 Å². The van der Waals surface area contributed by atoms with Crippen molar-refractivity contribution >= 4 is 10.1 Å². The fourth-order valence-corrected chi connectivity index (χ4v) is 1.89. The molecule has 0 aliphatic carbocycles. The van der Waals surface area contributed by atoms with Crippen molar-refractivity contribution in [1.82, 2.24) is 4.90 Å². The Morgan fingerprint density at radius 1 is 1.24 bits per heavy atom. The summed E-state index contributed by atoms with van der Waals surface area (Å²) in [4.78, 5) is 2.14. The highest BCUT2D eigenvalue weighted by Crippen LogP contribution is 2.04. The van der Waals surface area contributed by atoms with Gasteiger partial charge < -0.3 is 0 Å². The highest BCUT2D eigenvalue weighted by molar-refractivity contribution is 7.85. The molecule has 0 amide bonds. The first kappa shape index (κ1) is 14.2. The molecule has 0 bridgehead atoms. The van der Waals surface area contributed by atoms with Gasteiger partial charge in [0.25, 0.3) is 10.1 Å². The Hall–Kier alpha value is -0.910. The lowest BCUT2D eigenvalue weighted by Crippen LogP contribution is -2.27. The second-order valence-corrected chi connectivity index (χ2v) is 5.52. The van der Waals surface area contributed by atoms with Gasteiger partial charge in [-0.3, -0.25) is 9.08 Å². The molecule has 4 nitrogen and oxygen atoms in total. The first-order valence-corrected chi connectivity index (χ1v) is 7.43. The summed E-state index contributed by atoms with van der Waals surface area (Å²) >= 11 is 0. The molecule has 0 aliphatic rings. The standard InChI is InChI=1S/C12H19NO3S/c1-3-13(9-10-16-17(2,14)15)11-12-7-5-4-6-8-12/h4-8H,3,9-11H2,1-2H3. The second kappa shape index (κ2) is 6.74. The molecule has 0 saturated heterocycles. The first-order chi connectivity index (χ1) is 8.01. The van der Waals surface area contributed by atoms with E-state index in [9.17, 15) is 8.42 Å². The monoisotopic (exact) mass is 257 g/mol. The fourth-order valence-electron chi connectivity index (χ4n) is 1.51. The van der Waals surface area contributed by atoms with Crippen LogP contribution in [0.4, 0.5) is 0 Å². The summed E-state index contributed by atoms with van der Waals surface area (Å²) in [5.41, 5.74) is 1.22. The zero-order valence-corrected chi connectivity index (χ0v) is 11.1. The number of likely N-dealkylation sites (N-methyl/N-ethyl adjacent to an activating group) is 1. The lowest BCUT2D eigenvalue weighted by Gasteiger charge is -2.19. The van der Waals surface area contributed by atoms with Crippen LogP contribution in [-0.2, 0) is 20.8 Å². The Morgan fingerprint density at radius 2 is 1.88 bits per heavy atom. The molecular formula is C12H19NO3S. The number of rotatable bonds is 7. The van der Waals surface area contributed by atoms with Crippen molar-refractivity contribution in [3.63, 3.8) is 0 Å². The van der Waals surface area contributed by atoms with Crippen molar-refractivity contribution in [2.24, 2.45) is 0 Å². The van der Waals surface area contributed by atoms with E-state index in [1.807, 2.05) is 25.1 Å². The largest absolute Gasteiger partial charge is 0.297 e. The van der Waals surface area contributed by atoms with E-state index in [1.165, 1.54) is 5.56 Å². The molecule has 0 N–H and O–H groups in total. The Morgan fingerprint density at radius 3 is 2.41 bits per heavy atom. The van der Waals surface area contributed by atoms with Gasteiger partial charge in [-0.15, -0.1) is 0 Å². The van der Waals surface area contributed by atoms with Crippen molar-refractivity contribution < 1.29 is 12.6 Å². The molecule has 0 radical (unpaired) electrons. The fraction of sp³-hybridized carbons (Fsp3) is 0.500. The van der Waals surface area contributed by atoms with Gasteiger partial charge in [0, 0.05) is 13.1 Å². The molecule has 0 atom stereocenters. The number of nitrogens with zero attached hydrogens (tertiary/aromatic N) is 1. The Labute approximate surface area is 103 Å². The topological polar surface area (TPSA) is 46.6 Å². The lowest BCUT2D eigenvalue weighted by molar-refractivity contribution is 0.214. The predicted molar refractivity (Wildman–Crippen MR) is 68.2 cm³/mol. The van der Waals surface area contributed by atoms with Crippen LogP contribution in [0.5, 0.6) is 0 Å². The first-order valence-electron chi connectivity index (χ1n) is 5.62. The van der Waals surface area contributed by atoms with Gasteiger partial charge in [-0.25, -0.2) is 0 Å². The minimum Gasteiger partial charge on any atom is -0.297 e. The van der Waals surface area contributed by atoms with Crippen LogP contribution < -0.4 is 0 Å². The molecular weight excluding hydrogens is 238 g/mol.